The van der Waals surface area contributed by atoms with Gasteiger partial charge in [-0.3, -0.25) is 14.5 Å². The molecule has 4 N–H and O–H groups in total. The van der Waals surface area contributed by atoms with Crippen LogP contribution in [0.15, 0.2) is 41.7 Å². The van der Waals surface area contributed by atoms with Gasteiger partial charge in [0.25, 0.3) is 0 Å². The van der Waals surface area contributed by atoms with Gasteiger partial charge in [0.05, 0.1) is 20.3 Å². The molecule has 1 fully saturated rings. The highest BCUT2D eigenvalue weighted by molar-refractivity contribution is 6.05. The second-order valence-corrected chi connectivity index (χ2v) is 8.37. The lowest BCUT2D eigenvalue weighted by Gasteiger charge is -2.24. The van der Waals surface area contributed by atoms with Gasteiger partial charge in [-0.05, 0) is 24.3 Å². The van der Waals surface area contributed by atoms with Gasteiger partial charge in [0.1, 0.15) is 12.6 Å². The van der Waals surface area contributed by atoms with E-state index < -0.39 is 53.3 Å². The number of hydrogen-bond acceptors (Lipinski definition) is 9. The summed E-state index contributed by atoms with van der Waals surface area (Å²) in [6.45, 7) is 3.67. The molecule has 196 valence electrons. The number of likely N-dealkylation sites (tertiary alicyclic amines) is 1. The molecule has 2 rings (SSSR count). The summed E-state index contributed by atoms with van der Waals surface area (Å²) in [7, 11) is 2.07. The van der Waals surface area contributed by atoms with Crippen molar-refractivity contribution < 1.29 is 38.2 Å². The summed E-state index contributed by atoms with van der Waals surface area (Å²) in [4.78, 5) is 64.4. The number of carbonyl (C=O) groups is 5. The van der Waals surface area contributed by atoms with E-state index >= 15 is 0 Å². The Morgan fingerprint density at radius 1 is 1.00 bits per heavy atom. The highest BCUT2D eigenvalue weighted by Crippen LogP contribution is 2.20. The van der Waals surface area contributed by atoms with Crippen molar-refractivity contribution in [3.8, 4) is 0 Å². The summed E-state index contributed by atoms with van der Waals surface area (Å²) in [6, 6.07) is 7.04. The molecule has 1 aliphatic rings. The van der Waals surface area contributed by atoms with Crippen LogP contribution in [0.3, 0.4) is 0 Å². The Kier molecular flexibility index (Phi) is 10.4. The molecule has 1 saturated heterocycles. The number of nitrogens with two attached hydrogens (primary N) is 1. The number of rotatable bonds is 9. The van der Waals surface area contributed by atoms with E-state index in [4.69, 9.17) is 15.2 Å². The minimum atomic E-state index is -1.11. The first-order valence-electron chi connectivity index (χ1n) is 11.4. The Bertz CT molecular complexity index is 1010. The van der Waals surface area contributed by atoms with Crippen molar-refractivity contribution in [2.45, 2.75) is 45.4 Å². The number of nitrogens with one attached hydrogen (secondary N) is 2. The van der Waals surface area contributed by atoms with Crippen LogP contribution >= 0.6 is 0 Å². The quantitative estimate of drug-likeness (QED) is 0.247. The first-order valence-corrected chi connectivity index (χ1v) is 11.4. The van der Waals surface area contributed by atoms with Crippen molar-refractivity contribution in [2.24, 2.45) is 11.7 Å². The first-order chi connectivity index (χ1) is 17.1. The predicted molar refractivity (Wildman–Crippen MR) is 127 cm³/mol. The molecule has 0 spiro atoms. The van der Waals surface area contributed by atoms with Crippen LogP contribution in [-0.4, -0.2) is 67.6 Å². The maximum Gasteiger partial charge on any atom is 0.410 e. The van der Waals surface area contributed by atoms with Crippen LogP contribution in [0.25, 0.3) is 0 Å². The van der Waals surface area contributed by atoms with Gasteiger partial charge in [-0.1, -0.05) is 44.2 Å². The zero-order chi connectivity index (χ0) is 26.8. The summed E-state index contributed by atoms with van der Waals surface area (Å²) in [6.07, 6.45) is 0.0999. The van der Waals surface area contributed by atoms with E-state index in [0.717, 1.165) is 19.8 Å². The van der Waals surface area contributed by atoms with Gasteiger partial charge in [-0.15, -0.1) is 0 Å². The molecule has 12 heteroatoms. The first kappa shape index (κ1) is 28.3. The lowest BCUT2D eigenvalue weighted by Crippen LogP contribution is -2.49. The largest absolute Gasteiger partial charge is 0.464 e. The van der Waals surface area contributed by atoms with Crippen molar-refractivity contribution in [1.29, 1.82) is 0 Å². The smallest absolute Gasteiger partial charge is 0.410 e. The molecule has 0 aromatic heterocycles. The van der Waals surface area contributed by atoms with Gasteiger partial charge in [0, 0.05) is 6.54 Å². The van der Waals surface area contributed by atoms with Crippen LogP contribution in [0, 0.1) is 5.92 Å². The third-order valence-electron chi connectivity index (χ3n) is 5.54. The SMILES string of the molecule is COC(=O)/C(NC(=O)[C@@H](N)C(C)C)=C(/NC(=O)[C@@H]1CCCN1C(=O)OCc1ccccc1)C(=O)OC. The van der Waals surface area contributed by atoms with E-state index in [-0.39, 0.29) is 19.1 Å². The van der Waals surface area contributed by atoms with E-state index in [0.29, 0.717) is 12.8 Å². The minimum Gasteiger partial charge on any atom is -0.464 e. The van der Waals surface area contributed by atoms with Gasteiger partial charge < -0.3 is 30.6 Å². The summed E-state index contributed by atoms with van der Waals surface area (Å²) in [5.41, 5.74) is 5.32. The van der Waals surface area contributed by atoms with Gasteiger partial charge in [-0.25, -0.2) is 14.4 Å². The normalized spacial score (nSPS) is 16.5. The average molecular weight is 505 g/mol. The van der Waals surface area contributed by atoms with Gasteiger partial charge in [-0.2, -0.15) is 0 Å². The van der Waals surface area contributed by atoms with Crippen LogP contribution < -0.4 is 16.4 Å². The third-order valence-corrected chi connectivity index (χ3v) is 5.54. The topological polar surface area (TPSA) is 166 Å². The predicted octanol–water partition coefficient (Wildman–Crippen LogP) is 0.561. The molecule has 0 radical (unpaired) electrons. The molecule has 1 aliphatic heterocycles. The van der Waals surface area contributed by atoms with Crippen LogP contribution in [-0.2, 0) is 40.0 Å². The number of amides is 3. The summed E-state index contributed by atoms with van der Waals surface area (Å²) >= 11 is 0. The van der Waals surface area contributed by atoms with Crippen molar-refractivity contribution in [3.05, 3.63) is 47.3 Å². The van der Waals surface area contributed by atoms with Gasteiger partial charge in [0.15, 0.2) is 11.4 Å². The minimum absolute atomic E-state index is 0.0203. The Morgan fingerprint density at radius 2 is 1.58 bits per heavy atom. The van der Waals surface area contributed by atoms with Gasteiger partial charge in [0.2, 0.25) is 11.8 Å². The zero-order valence-corrected chi connectivity index (χ0v) is 20.7. The maximum atomic E-state index is 13.1. The molecular weight excluding hydrogens is 472 g/mol. The fourth-order valence-corrected chi connectivity index (χ4v) is 3.41. The highest BCUT2D eigenvalue weighted by atomic mass is 16.6. The van der Waals surface area contributed by atoms with Crippen molar-refractivity contribution in [3.63, 3.8) is 0 Å². The maximum absolute atomic E-state index is 13.1. The molecule has 36 heavy (non-hydrogen) atoms. The second-order valence-electron chi connectivity index (χ2n) is 8.37. The molecular formula is C24H32N4O8. The van der Waals surface area contributed by atoms with Crippen LogP contribution in [0.5, 0.6) is 0 Å². The molecule has 0 bridgehead atoms. The fraction of sp³-hybridized carbons (Fsp3) is 0.458. The zero-order valence-electron chi connectivity index (χ0n) is 20.7. The molecule has 0 unspecified atom stereocenters. The number of hydrogen-bond donors (Lipinski definition) is 3. The molecule has 2 atom stereocenters. The molecule has 1 aromatic rings. The molecule has 0 saturated carbocycles. The Hall–Kier alpha value is -3.93. The van der Waals surface area contributed by atoms with Gasteiger partial charge >= 0.3 is 18.0 Å². The molecule has 1 heterocycles. The van der Waals surface area contributed by atoms with Crippen LogP contribution in [0.1, 0.15) is 32.3 Å². The molecule has 12 nitrogen and oxygen atoms in total. The standard InChI is InChI=1S/C24H32N4O8/c1-14(2)17(25)21(30)27-19(23(32)35-4)18(22(31)34-3)26-20(29)16-11-8-12-28(16)24(33)36-13-15-9-6-5-7-10-15/h5-7,9-10,14,16-17H,8,11-13,25H2,1-4H3,(H,26,29)(H,27,30)/b19-18-/t16-,17-/m0/s1. The average Bonchev–Trinajstić information content (AvgIpc) is 3.38. The highest BCUT2D eigenvalue weighted by Gasteiger charge is 2.37. The van der Waals surface area contributed by atoms with Crippen LogP contribution in [0.4, 0.5) is 4.79 Å². The fourth-order valence-electron chi connectivity index (χ4n) is 3.41. The number of methoxy groups -OCH3 is 2. The van der Waals surface area contributed by atoms with E-state index in [1.54, 1.807) is 26.0 Å². The van der Waals surface area contributed by atoms with Crippen molar-refractivity contribution >= 4 is 29.8 Å². The number of nitrogens with zero attached hydrogens (tertiary/aromatic N) is 1. The summed E-state index contributed by atoms with van der Waals surface area (Å²) < 4.78 is 14.7. The molecule has 3 amide bonds. The second kappa shape index (κ2) is 13.2. The summed E-state index contributed by atoms with van der Waals surface area (Å²) in [5.74, 6) is -4.04. The number of carbonyl (C=O) groups excluding carboxylic acids is 5. The van der Waals surface area contributed by atoms with Crippen LogP contribution in [0.2, 0.25) is 0 Å². The third kappa shape index (κ3) is 7.28. The molecule has 0 aliphatic carbocycles. The Morgan fingerprint density at radius 3 is 2.14 bits per heavy atom. The number of benzene rings is 1. The van der Waals surface area contributed by atoms with E-state index in [1.807, 2.05) is 18.2 Å². The Labute approximate surface area is 209 Å². The van der Waals surface area contributed by atoms with E-state index in [2.05, 4.69) is 15.4 Å². The number of ether oxygens (including phenoxy) is 3. The van der Waals surface area contributed by atoms with E-state index in [9.17, 15) is 24.0 Å². The van der Waals surface area contributed by atoms with Crippen molar-refractivity contribution in [1.82, 2.24) is 15.5 Å². The number of esters is 2. The lowest BCUT2D eigenvalue weighted by atomic mass is 10.0. The summed E-state index contributed by atoms with van der Waals surface area (Å²) in [5, 5.41) is 4.57. The monoisotopic (exact) mass is 504 g/mol. The Balaban J connectivity index is 2.25. The lowest BCUT2D eigenvalue weighted by molar-refractivity contribution is -0.141. The van der Waals surface area contributed by atoms with E-state index in [1.165, 1.54) is 4.90 Å². The molecule has 1 aromatic carbocycles. The van der Waals surface area contributed by atoms with Crippen molar-refractivity contribution in [2.75, 3.05) is 20.8 Å².